The van der Waals surface area contributed by atoms with Crippen LogP contribution in [-0.4, -0.2) is 31.2 Å². The molecule has 3 heteroatoms. The van der Waals surface area contributed by atoms with Crippen molar-refractivity contribution < 1.29 is 14.6 Å². The zero-order chi connectivity index (χ0) is 11.4. The van der Waals surface area contributed by atoms with Gasteiger partial charge in [0.05, 0.1) is 0 Å². The summed E-state index contributed by atoms with van der Waals surface area (Å²) in [5.41, 5.74) is -0.702. The summed E-state index contributed by atoms with van der Waals surface area (Å²) in [6.07, 6.45) is 1.05. The fourth-order valence-electron chi connectivity index (χ4n) is 1.35. The van der Waals surface area contributed by atoms with Gasteiger partial charge in [-0.05, 0) is 25.2 Å². The number of ether oxygens (including phenoxy) is 2. The average molecular weight is 204 g/mol. The topological polar surface area (TPSA) is 38.7 Å². The first kappa shape index (κ1) is 13.9. The smallest absolute Gasteiger partial charge is 0.185 e. The van der Waals surface area contributed by atoms with Crippen molar-refractivity contribution in [3.63, 3.8) is 0 Å². The molecule has 0 amide bonds. The largest absolute Gasteiger partial charge is 0.385 e. The minimum Gasteiger partial charge on any atom is -0.385 e. The van der Waals surface area contributed by atoms with Crippen LogP contribution in [0.1, 0.15) is 40.5 Å². The Balaban J connectivity index is 4.18. The maximum absolute atomic E-state index is 10.1. The van der Waals surface area contributed by atoms with E-state index in [4.69, 9.17) is 9.47 Å². The van der Waals surface area contributed by atoms with Gasteiger partial charge in [0.25, 0.3) is 0 Å². The van der Waals surface area contributed by atoms with Gasteiger partial charge in [-0.2, -0.15) is 0 Å². The Kier molecular flexibility index (Phi) is 5.06. The van der Waals surface area contributed by atoms with E-state index >= 15 is 0 Å². The minimum absolute atomic E-state index is 0.218. The summed E-state index contributed by atoms with van der Waals surface area (Å²) >= 11 is 0. The van der Waals surface area contributed by atoms with Gasteiger partial charge in [0.1, 0.15) is 5.60 Å². The molecule has 86 valence electrons. The van der Waals surface area contributed by atoms with Crippen LogP contribution in [0.25, 0.3) is 0 Å². The molecule has 0 aromatic carbocycles. The molecule has 0 saturated carbocycles. The fraction of sp³-hybridized carbons (Fsp3) is 1.00. The van der Waals surface area contributed by atoms with Gasteiger partial charge in [-0.1, -0.05) is 20.8 Å². The lowest BCUT2D eigenvalue weighted by atomic mass is 9.85. The molecule has 0 aromatic heterocycles. The summed E-state index contributed by atoms with van der Waals surface area (Å²) in [5, 5.41) is 10.1. The summed E-state index contributed by atoms with van der Waals surface area (Å²) in [6, 6.07) is 0. The lowest BCUT2D eigenvalue weighted by molar-refractivity contribution is -0.211. The molecular weight excluding hydrogens is 180 g/mol. The minimum atomic E-state index is -0.920. The predicted molar refractivity (Wildman–Crippen MR) is 57.1 cm³/mol. The Hall–Kier alpha value is -0.120. The van der Waals surface area contributed by atoms with E-state index in [2.05, 4.69) is 20.8 Å². The van der Waals surface area contributed by atoms with Crippen molar-refractivity contribution in [3.05, 3.63) is 0 Å². The summed E-state index contributed by atoms with van der Waals surface area (Å²) in [4.78, 5) is 0. The van der Waals surface area contributed by atoms with Crippen molar-refractivity contribution >= 4 is 0 Å². The van der Waals surface area contributed by atoms with Crippen molar-refractivity contribution in [2.24, 2.45) is 5.41 Å². The summed E-state index contributed by atoms with van der Waals surface area (Å²) in [6.45, 7) is 8.20. The van der Waals surface area contributed by atoms with Crippen LogP contribution in [0.3, 0.4) is 0 Å². The van der Waals surface area contributed by atoms with Crippen LogP contribution in [0.2, 0.25) is 0 Å². The van der Waals surface area contributed by atoms with Gasteiger partial charge in [-0.15, -0.1) is 0 Å². The van der Waals surface area contributed by atoms with Crippen LogP contribution in [0.5, 0.6) is 0 Å². The zero-order valence-corrected chi connectivity index (χ0v) is 10.3. The molecular formula is C11H24O3. The molecule has 0 spiro atoms. The second-order valence-electron chi connectivity index (χ2n) is 5.22. The zero-order valence-electron chi connectivity index (χ0n) is 10.3. The summed E-state index contributed by atoms with van der Waals surface area (Å²) in [5.74, 6) is 0. The highest BCUT2D eigenvalue weighted by Gasteiger charge is 2.33. The molecule has 0 rings (SSSR count). The maximum atomic E-state index is 10.1. The third kappa shape index (κ3) is 4.94. The molecule has 0 aliphatic carbocycles. The second kappa shape index (κ2) is 5.10. The molecule has 0 heterocycles. The van der Waals surface area contributed by atoms with E-state index in [1.165, 1.54) is 0 Å². The second-order valence-corrected chi connectivity index (χ2v) is 5.22. The average Bonchev–Trinajstić information content (AvgIpc) is 2.02. The Labute approximate surface area is 87.4 Å². The molecule has 0 aliphatic rings. The Bertz CT molecular complexity index is 154. The van der Waals surface area contributed by atoms with E-state index in [0.29, 0.717) is 6.42 Å². The molecule has 3 nitrogen and oxygen atoms in total. The van der Waals surface area contributed by atoms with Crippen molar-refractivity contribution in [2.45, 2.75) is 52.4 Å². The Morgan fingerprint density at radius 3 is 1.71 bits per heavy atom. The fourth-order valence-corrected chi connectivity index (χ4v) is 1.35. The first-order chi connectivity index (χ1) is 6.23. The van der Waals surface area contributed by atoms with E-state index in [0.717, 1.165) is 6.42 Å². The van der Waals surface area contributed by atoms with Gasteiger partial charge in [0, 0.05) is 14.2 Å². The molecule has 0 aromatic rings. The number of methoxy groups -OCH3 is 2. The van der Waals surface area contributed by atoms with Gasteiger partial charge in [-0.25, -0.2) is 0 Å². The van der Waals surface area contributed by atoms with Gasteiger partial charge in [-0.3, -0.25) is 0 Å². The van der Waals surface area contributed by atoms with E-state index in [-0.39, 0.29) is 5.41 Å². The van der Waals surface area contributed by atoms with Crippen LogP contribution < -0.4 is 0 Å². The number of aliphatic hydroxyl groups is 1. The van der Waals surface area contributed by atoms with Crippen molar-refractivity contribution in [1.29, 1.82) is 0 Å². The first-order valence-corrected chi connectivity index (χ1v) is 5.01. The number of hydrogen-bond donors (Lipinski definition) is 1. The van der Waals surface area contributed by atoms with Crippen LogP contribution in [0.4, 0.5) is 0 Å². The van der Waals surface area contributed by atoms with Crippen LogP contribution in [-0.2, 0) is 9.47 Å². The van der Waals surface area contributed by atoms with E-state index in [9.17, 15) is 5.11 Å². The number of hydrogen-bond acceptors (Lipinski definition) is 3. The molecule has 0 aliphatic heterocycles. The molecule has 1 atom stereocenters. The maximum Gasteiger partial charge on any atom is 0.185 e. The highest BCUT2D eigenvalue weighted by atomic mass is 16.7. The van der Waals surface area contributed by atoms with Crippen LogP contribution in [0, 0.1) is 5.41 Å². The van der Waals surface area contributed by atoms with Gasteiger partial charge < -0.3 is 14.6 Å². The quantitative estimate of drug-likeness (QED) is 0.698. The molecule has 1 unspecified atom stereocenters. The van der Waals surface area contributed by atoms with E-state index < -0.39 is 11.9 Å². The first-order valence-electron chi connectivity index (χ1n) is 5.01. The lowest BCUT2D eigenvalue weighted by Gasteiger charge is -2.32. The Morgan fingerprint density at radius 2 is 1.43 bits per heavy atom. The molecule has 14 heavy (non-hydrogen) atoms. The third-order valence-corrected chi connectivity index (χ3v) is 2.32. The molecule has 0 radical (unpaired) electrons. The summed E-state index contributed by atoms with van der Waals surface area (Å²) < 4.78 is 10.1. The molecule has 0 saturated heterocycles. The van der Waals surface area contributed by atoms with E-state index in [1.807, 2.05) is 0 Å². The van der Waals surface area contributed by atoms with Crippen LogP contribution in [0.15, 0.2) is 0 Å². The normalized spacial score (nSPS) is 17.1. The molecule has 0 fully saturated rings. The van der Waals surface area contributed by atoms with E-state index in [1.54, 1.807) is 21.1 Å². The highest BCUT2D eigenvalue weighted by Crippen LogP contribution is 2.28. The van der Waals surface area contributed by atoms with Crippen molar-refractivity contribution in [3.8, 4) is 0 Å². The molecule has 1 N–H and O–H groups in total. The van der Waals surface area contributed by atoms with Crippen molar-refractivity contribution in [2.75, 3.05) is 14.2 Å². The van der Waals surface area contributed by atoms with Crippen molar-refractivity contribution in [1.82, 2.24) is 0 Å². The highest BCUT2D eigenvalue weighted by molar-refractivity contribution is 4.79. The third-order valence-electron chi connectivity index (χ3n) is 2.32. The van der Waals surface area contributed by atoms with Gasteiger partial charge in [0.15, 0.2) is 6.29 Å². The van der Waals surface area contributed by atoms with Gasteiger partial charge >= 0.3 is 0 Å². The monoisotopic (exact) mass is 204 g/mol. The lowest BCUT2D eigenvalue weighted by Crippen LogP contribution is -2.42. The molecule has 0 bridgehead atoms. The Morgan fingerprint density at radius 1 is 1.00 bits per heavy atom. The number of rotatable bonds is 5. The predicted octanol–water partition coefficient (Wildman–Crippen LogP) is 2.18. The van der Waals surface area contributed by atoms with Crippen LogP contribution >= 0.6 is 0 Å². The standard InChI is InChI=1S/C11H24O3/c1-10(2,3)7-8-11(4,12)9(13-5)14-6/h9,12H,7-8H2,1-6H3. The SMILES string of the molecule is COC(OC)C(C)(O)CCC(C)(C)C. The van der Waals surface area contributed by atoms with Gasteiger partial charge in [0.2, 0.25) is 0 Å². The summed E-state index contributed by atoms with van der Waals surface area (Å²) in [7, 11) is 3.08.